The van der Waals surface area contributed by atoms with Crippen molar-refractivity contribution in [1.29, 1.82) is 0 Å². The van der Waals surface area contributed by atoms with E-state index in [1.807, 2.05) is 68.6 Å². The number of carbonyl (C=O) groups excluding carboxylic acids is 3. The van der Waals surface area contributed by atoms with Gasteiger partial charge in [-0.15, -0.1) is 12.4 Å². The molecule has 0 atom stereocenters. The second kappa shape index (κ2) is 19.0. The molecule has 17 nitrogen and oxygen atoms in total. The number of fused-ring (bicyclic) bond motifs is 6. The van der Waals surface area contributed by atoms with Gasteiger partial charge in [0, 0.05) is 44.0 Å². The maximum Gasteiger partial charge on any atom is 0.359 e. The fourth-order valence-electron chi connectivity index (χ4n) is 7.28. The van der Waals surface area contributed by atoms with E-state index in [1.54, 1.807) is 43.5 Å². The smallest absolute Gasteiger partial charge is 0.359 e. The third kappa shape index (κ3) is 9.46. The summed E-state index contributed by atoms with van der Waals surface area (Å²) >= 11 is 0. The number of hydrogen-bond donors (Lipinski definition) is 4. The molecule has 6 aromatic rings. The molecule has 2 aliphatic rings. The highest BCUT2D eigenvalue weighted by molar-refractivity contribution is 5.95. The first kappa shape index (κ1) is 43.7. The second-order valence-electron chi connectivity index (χ2n) is 14.7. The van der Waals surface area contributed by atoms with Gasteiger partial charge in [-0.3, -0.25) is 14.2 Å². The Morgan fingerprint density at radius 1 is 0.705 bits per heavy atom. The van der Waals surface area contributed by atoms with Crippen LogP contribution in [0, 0.1) is 5.92 Å². The molecule has 0 saturated heterocycles. The summed E-state index contributed by atoms with van der Waals surface area (Å²) in [5.41, 5.74) is 16.3. The molecule has 0 fully saturated rings. The lowest BCUT2D eigenvalue weighted by atomic mass is 9.93. The number of para-hydroxylation sites is 4. The number of rotatable bonds is 11. The van der Waals surface area contributed by atoms with E-state index >= 15 is 0 Å². The van der Waals surface area contributed by atoms with E-state index in [2.05, 4.69) is 41.1 Å². The zero-order chi connectivity index (χ0) is 42.5. The fraction of sp³-hybridized carbons (Fsp3) is 0.326. The number of aromatic nitrogens is 8. The van der Waals surface area contributed by atoms with Crippen LogP contribution in [0.1, 0.15) is 77.3 Å². The van der Waals surface area contributed by atoms with Crippen molar-refractivity contribution in [2.75, 3.05) is 34.9 Å². The van der Waals surface area contributed by atoms with Crippen molar-refractivity contribution < 1.29 is 23.9 Å². The van der Waals surface area contributed by atoms with Crippen molar-refractivity contribution in [3.05, 3.63) is 94.6 Å². The number of amides is 1. The summed E-state index contributed by atoms with van der Waals surface area (Å²) in [5, 5.41) is 18.1. The lowest BCUT2D eigenvalue weighted by molar-refractivity contribution is -0.116. The molecule has 8 rings (SSSR count). The van der Waals surface area contributed by atoms with Gasteiger partial charge in [0.05, 0.1) is 58.7 Å². The predicted octanol–water partition coefficient (Wildman–Crippen LogP) is 6.78. The van der Waals surface area contributed by atoms with Crippen LogP contribution >= 0.6 is 12.4 Å². The molecule has 0 aliphatic heterocycles. The molecule has 4 aromatic heterocycles. The summed E-state index contributed by atoms with van der Waals surface area (Å²) in [6.07, 6.45) is 6.87. The third-order valence-corrected chi connectivity index (χ3v) is 9.94. The molecule has 0 saturated carbocycles. The molecule has 0 bridgehead atoms. The lowest BCUT2D eigenvalue weighted by Gasteiger charge is -2.18. The molecule has 0 unspecified atom stereocenters. The summed E-state index contributed by atoms with van der Waals surface area (Å²) in [7, 11) is 3.60. The first-order valence-corrected chi connectivity index (χ1v) is 19.9. The van der Waals surface area contributed by atoms with Crippen LogP contribution in [-0.4, -0.2) is 70.6 Å². The van der Waals surface area contributed by atoms with Gasteiger partial charge in [-0.25, -0.2) is 29.5 Å². The normalized spacial score (nSPS) is 12.0. The Morgan fingerprint density at radius 2 is 1.16 bits per heavy atom. The van der Waals surface area contributed by atoms with E-state index in [-0.39, 0.29) is 24.2 Å². The third-order valence-electron chi connectivity index (χ3n) is 9.94. The number of esters is 2. The minimum atomic E-state index is -0.420. The zero-order valence-corrected chi connectivity index (χ0v) is 35.7. The highest BCUT2D eigenvalue weighted by Gasteiger charge is 2.31. The zero-order valence-electron chi connectivity index (χ0n) is 34.9. The molecule has 4 heterocycles. The van der Waals surface area contributed by atoms with Gasteiger partial charge in [-0.2, -0.15) is 10.2 Å². The van der Waals surface area contributed by atoms with Crippen molar-refractivity contribution in [3.8, 4) is 22.8 Å². The lowest BCUT2D eigenvalue weighted by Crippen LogP contribution is -2.15. The van der Waals surface area contributed by atoms with Gasteiger partial charge in [-0.05, 0) is 80.8 Å². The molecule has 318 valence electrons. The quantitative estimate of drug-likeness (QED) is 0.0781. The summed E-state index contributed by atoms with van der Waals surface area (Å²) < 4.78 is 13.7. The van der Waals surface area contributed by atoms with Crippen molar-refractivity contribution in [2.45, 2.75) is 59.8 Å². The molecule has 2 aromatic carbocycles. The largest absolute Gasteiger partial charge is 0.461 e. The van der Waals surface area contributed by atoms with Crippen molar-refractivity contribution in [3.63, 3.8) is 0 Å². The highest BCUT2D eigenvalue weighted by Crippen LogP contribution is 2.36. The average Bonchev–Trinajstić information content (AvgIpc) is 3.76. The summed E-state index contributed by atoms with van der Waals surface area (Å²) in [5.74, 6) is 0.237. The molecule has 18 heteroatoms. The van der Waals surface area contributed by atoms with Gasteiger partial charge in [0.15, 0.2) is 11.4 Å². The van der Waals surface area contributed by atoms with Crippen LogP contribution in [0.2, 0.25) is 0 Å². The van der Waals surface area contributed by atoms with Crippen LogP contribution in [0.4, 0.5) is 34.6 Å². The van der Waals surface area contributed by atoms with E-state index in [1.165, 1.54) is 0 Å². The molecule has 0 spiro atoms. The van der Waals surface area contributed by atoms with Crippen LogP contribution in [0.15, 0.2) is 60.9 Å². The fourth-order valence-corrected chi connectivity index (χ4v) is 7.28. The number of nitrogen functional groups attached to an aromatic ring is 1. The van der Waals surface area contributed by atoms with E-state index in [0.717, 1.165) is 57.1 Å². The predicted molar refractivity (Wildman–Crippen MR) is 234 cm³/mol. The number of halogens is 1. The van der Waals surface area contributed by atoms with Crippen LogP contribution < -0.4 is 21.7 Å². The minimum absolute atomic E-state index is 0. The molecular weight excluding hydrogens is 800 g/mol. The summed E-state index contributed by atoms with van der Waals surface area (Å²) in [4.78, 5) is 55.2. The number of benzene rings is 2. The number of ether oxygens (including phenoxy) is 2. The van der Waals surface area contributed by atoms with Crippen molar-refractivity contribution in [2.24, 2.45) is 20.0 Å². The van der Waals surface area contributed by atoms with Crippen LogP contribution in [0.3, 0.4) is 0 Å². The Hall–Kier alpha value is -6.88. The van der Waals surface area contributed by atoms with E-state index in [9.17, 15) is 14.4 Å². The maximum absolute atomic E-state index is 12.4. The summed E-state index contributed by atoms with van der Waals surface area (Å²) in [6.45, 7) is 8.18. The number of hydrogen-bond acceptors (Lipinski definition) is 14. The minimum Gasteiger partial charge on any atom is -0.461 e. The van der Waals surface area contributed by atoms with Gasteiger partial charge >= 0.3 is 11.9 Å². The molecule has 5 N–H and O–H groups in total. The molecule has 61 heavy (non-hydrogen) atoms. The standard InChI is InChI=1S/C24H28N6O3.C19H20N6O2.ClH/c1-5-33-23(32)21-16-11-10-15-13-25-24(28-20(15)22(16)30(4)29-21)27-18-9-7-6-8-17(18)26-19(31)12-14(2)3;1-3-27-18(26)16-12-9-8-11-10-21-19(22-14-7-5-4-6-13(14)20)23-15(11)17(12)25(2)24-16;/h6-9,13-14H,5,10-12H2,1-4H3,(H,26,31)(H,25,27,28);4-7,10H,3,8-9,20H2,1-2H3,(H,21,22,23);1H. The monoisotopic (exact) mass is 848 g/mol. The molecule has 2 aliphatic carbocycles. The van der Waals surface area contributed by atoms with Crippen molar-refractivity contribution in [1.82, 2.24) is 39.5 Å². The van der Waals surface area contributed by atoms with E-state index in [0.29, 0.717) is 79.2 Å². The highest BCUT2D eigenvalue weighted by atomic mass is 35.5. The number of anilines is 6. The van der Waals surface area contributed by atoms with Crippen LogP contribution in [-0.2, 0) is 54.0 Å². The number of nitrogens with one attached hydrogen (secondary N) is 3. The number of nitrogens with two attached hydrogens (primary N) is 1. The first-order chi connectivity index (χ1) is 28.9. The molecule has 0 radical (unpaired) electrons. The van der Waals surface area contributed by atoms with E-state index in [4.69, 9.17) is 20.2 Å². The topological polar surface area (TPSA) is 219 Å². The second-order valence-corrected chi connectivity index (χ2v) is 14.7. The number of nitrogens with zero attached hydrogens (tertiary/aromatic N) is 8. The number of carbonyl (C=O) groups is 3. The maximum atomic E-state index is 12.4. The van der Waals surface area contributed by atoms with Gasteiger partial charge < -0.3 is 31.2 Å². The van der Waals surface area contributed by atoms with Gasteiger partial charge in [0.1, 0.15) is 0 Å². The van der Waals surface area contributed by atoms with Gasteiger partial charge in [-0.1, -0.05) is 38.1 Å². The van der Waals surface area contributed by atoms with Crippen molar-refractivity contribution >= 4 is 64.9 Å². The van der Waals surface area contributed by atoms with Crippen LogP contribution in [0.5, 0.6) is 0 Å². The van der Waals surface area contributed by atoms with E-state index < -0.39 is 11.9 Å². The Kier molecular flexibility index (Phi) is 13.6. The molecule has 1 amide bonds. The summed E-state index contributed by atoms with van der Waals surface area (Å²) in [6, 6.07) is 14.9. The average molecular weight is 849 g/mol. The SMILES string of the molecule is CCOC(=O)c1nn(C)c2c1CCc1cnc(Nc3ccccc3N)nc1-2.CCOC(=O)c1nn(C)c2c1CCc1cnc(Nc3ccccc3NC(=O)CC(C)C)nc1-2.Cl. The van der Waals surface area contributed by atoms with Crippen LogP contribution in [0.25, 0.3) is 22.8 Å². The Bertz CT molecular complexity index is 2590. The molecular formula is C43H49ClN12O5. The van der Waals surface area contributed by atoms with Gasteiger partial charge in [0.25, 0.3) is 0 Å². The van der Waals surface area contributed by atoms with Gasteiger partial charge in [0.2, 0.25) is 17.8 Å². The Morgan fingerprint density at radius 3 is 1.64 bits per heavy atom. The first-order valence-electron chi connectivity index (χ1n) is 19.9. The Balaban J connectivity index is 0.000000204. The number of aryl methyl sites for hydroxylation is 4. The Labute approximate surface area is 359 Å².